The molecule has 128 valence electrons. The minimum absolute atomic E-state index is 0.0981. The topological polar surface area (TPSA) is 71.7 Å². The van der Waals surface area contributed by atoms with Gasteiger partial charge in [0.05, 0.1) is 24.0 Å². The Morgan fingerprint density at radius 2 is 2.12 bits per heavy atom. The average molecular weight is 348 g/mol. The Labute approximate surface area is 144 Å². The predicted octanol–water partition coefficient (Wildman–Crippen LogP) is 2.43. The SMILES string of the molecule is O=C(N1CCOCC1)N1CCC[C@@H](c2nc(-c3cccs3)no2)C1. The highest BCUT2D eigenvalue weighted by Gasteiger charge is 2.31. The zero-order valence-corrected chi connectivity index (χ0v) is 14.2. The van der Waals surface area contributed by atoms with E-state index in [1.165, 1.54) is 0 Å². The van der Waals surface area contributed by atoms with Crippen molar-refractivity contribution in [1.82, 2.24) is 19.9 Å². The Bertz CT molecular complexity index is 681. The lowest BCUT2D eigenvalue weighted by Gasteiger charge is -2.36. The summed E-state index contributed by atoms with van der Waals surface area (Å²) in [4.78, 5) is 22.0. The predicted molar refractivity (Wildman–Crippen MR) is 88.9 cm³/mol. The first-order chi connectivity index (χ1) is 11.8. The summed E-state index contributed by atoms with van der Waals surface area (Å²) in [5, 5.41) is 6.08. The molecule has 7 nitrogen and oxygen atoms in total. The van der Waals surface area contributed by atoms with Crippen molar-refractivity contribution in [3.8, 4) is 10.7 Å². The van der Waals surface area contributed by atoms with Crippen LogP contribution in [0, 0.1) is 0 Å². The van der Waals surface area contributed by atoms with Crippen LogP contribution in [0.1, 0.15) is 24.7 Å². The maximum atomic E-state index is 12.7. The molecular formula is C16H20N4O3S. The average Bonchev–Trinajstić information content (AvgIpc) is 3.33. The highest BCUT2D eigenvalue weighted by molar-refractivity contribution is 7.13. The number of urea groups is 1. The molecule has 4 rings (SSSR count). The van der Waals surface area contributed by atoms with Gasteiger partial charge in [0, 0.05) is 26.2 Å². The fourth-order valence-electron chi connectivity index (χ4n) is 3.21. The van der Waals surface area contributed by atoms with Crippen LogP contribution in [-0.4, -0.2) is 65.4 Å². The lowest BCUT2D eigenvalue weighted by atomic mass is 9.98. The van der Waals surface area contributed by atoms with Gasteiger partial charge in [0.2, 0.25) is 11.7 Å². The third-order valence-corrected chi connectivity index (χ3v) is 5.37. The molecular weight excluding hydrogens is 328 g/mol. The first-order valence-electron chi connectivity index (χ1n) is 8.30. The molecule has 0 aliphatic carbocycles. The smallest absolute Gasteiger partial charge is 0.320 e. The van der Waals surface area contributed by atoms with Gasteiger partial charge >= 0.3 is 6.03 Å². The Morgan fingerprint density at radius 1 is 1.25 bits per heavy atom. The summed E-state index contributed by atoms with van der Waals surface area (Å²) in [6, 6.07) is 4.05. The van der Waals surface area contributed by atoms with Gasteiger partial charge in [0.15, 0.2) is 0 Å². The first-order valence-corrected chi connectivity index (χ1v) is 9.18. The third kappa shape index (κ3) is 3.16. The first kappa shape index (κ1) is 15.6. The Kier molecular flexibility index (Phi) is 4.48. The molecule has 8 heteroatoms. The van der Waals surface area contributed by atoms with Crippen LogP contribution in [0.25, 0.3) is 10.7 Å². The highest BCUT2D eigenvalue weighted by Crippen LogP contribution is 2.29. The number of piperidine rings is 1. The van der Waals surface area contributed by atoms with E-state index < -0.39 is 0 Å². The normalized spacial score (nSPS) is 21.9. The number of aromatic nitrogens is 2. The maximum Gasteiger partial charge on any atom is 0.320 e. The Morgan fingerprint density at radius 3 is 2.92 bits per heavy atom. The molecule has 24 heavy (non-hydrogen) atoms. The van der Waals surface area contributed by atoms with Gasteiger partial charge in [-0.3, -0.25) is 0 Å². The molecule has 2 aliphatic heterocycles. The molecule has 0 saturated carbocycles. The molecule has 2 saturated heterocycles. The van der Waals surface area contributed by atoms with Crippen LogP contribution < -0.4 is 0 Å². The van der Waals surface area contributed by atoms with E-state index in [2.05, 4.69) is 10.1 Å². The summed E-state index contributed by atoms with van der Waals surface area (Å²) in [6.45, 7) is 4.01. The summed E-state index contributed by atoms with van der Waals surface area (Å²) >= 11 is 1.59. The van der Waals surface area contributed by atoms with Crippen LogP contribution >= 0.6 is 11.3 Å². The molecule has 0 N–H and O–H groups in total. The van der Waals surface area contributed by atoms with Crippen molar-refractivity contribution < 1.29 is 14.1 Å². The second-order valence-corrected chi connectivity index (χ2v) is 7.05. The quantitative estimate of drug-likeness (QED) is 0.833. The Hall–Kier alpha value is -1.93. The zero-order chi connectivity index (χ0) is 16.4. The van der Waals surface area contributed by atoms with Crippen molar-refractivity contribution in [2.24, 2.45) is 0 Å². The van der Waals surface area contributed by atoms with E-state index in [-0.39, 0.29) is 11.9 Å². The van der Waals surface area contributed by atoms with E-state index in [0.717, 1.165) is 24.3 Å². The van der Waals surface area contributed by atoms with Gasteiger partial charge in [-0.05, 0) is 24.3 Å². The lowest BCUT2D eigenvalue weighted by Crippen LogP contribution is -2.50. The van der Waals surface area contributed by atoms with E-state index in [1.54, 1.807) is 11.3 Å². The van der Waals surface area contributed by atoms with E-state index >= 15 is 0 Å². The number of amides is 2. The number of hydrogen-bond donors (Lipinski definition) is 0. The summed E-state index contributed by atoms with van der Waals surface area (Å²) in [7, 11) is 0. The molecule has 0 aromatic carbocycles. The lowest BCUT2D eigenvalue weighted by molar-refractivity contribution is 0.0403. The van der Waals surface area contributed by atoms with Crippen molar-refractivity contribution in [1.29, 1.82) is 0 Å². The number of carbonyl (C=O) groups excluding carboxylic acids is 1. The molecule has 0 bridgehead atoms. The molecule has 1 atom stereocenters. The van der Waals surface area contributed by atoms with Crippen molar-refractivity contribution in [3.05, 3.63) is 23.4 Å². The molecule has 2 amide bonds. The molecule has 0 radical (unpaired) electrons. The second kappa shape index (κ2) is 6.90. The summed E-state index contributed by atoms with van der Waals surface area (Å²) < 4.78 is 10.8. The number of rotatable bonds is 2. The van der Waals surface area contributed by atoms with Crippen molar-refractivity contribution >= 4 is 17.4 Å². The third-order valence-electron chi connectivity index (χ3n) is 4.51. The number of likely N-dealkylation sites (tertiary alicyclic amines) is 1. The van der Waals surface area contributed by atoms with Gasteiger partial charge in [-0.15, -0.1) is 11.3 Å². The number of carbonyl (C=O) groups is 1. The van der Waals surface area contributed by atoms with Crippen molar-refractivity contribution in [3.63, 3.8) is 0 Å². The van der Waals surface area contributed by atoms with E-state index in [9.17, 15) is 4.79 Å². The van der Waals surface area contributed by atoms with Crippen molar-refractivity contribution in [2.75, 3.05) is 39.4 Å². The largest absolute Gasteiger partial charge is 0.378 e. The van der Waals surface area contributed by atoms with E-state index in [0.29, 0.717) is 44.6 Å². The van der Waals surface area contributed by atoms with Crippen molar-refractivity contribution in [2.45, 2.75) is 18.8 Å². The van der Waals surface area contributed by atoms with Gasteiger partial charge in [-0.25, -0.2) is 4.79 Å². The standard InChI is InChI=1S/C16H20N4O3S/c21-16(19-6-8-22-9-7-19)20-5-1-3-12(11-20)15-17-14(18-23-15)13-4-2-10-24-13/h2,4,10,12H,1,3,5-9,11H2/t12-/m1/s1. The summed E-state index contributed by atoms with van der Waals surface area (Å²) in [5.41, 5.74) is 0. The molecule has 0 unspecified atom stereocenters. The van der Waals surface area contributed by atoms with Gasteiger partial charge in [-0.2, -0.15) is 4.98 Å². The van der Waals surface area contributed by atoms with Crippen LogP contribution in [-0.2, 0) is 4.74 Å². The van der Waals surface area contributed by atoms with Crippen LogP contribution in [0.3, 0.4) is 0 Å². The molecule has 2 fully saturated rings. The molecule has 4 heterocycles. The number of morpholine rings is 1. The van der Waals surface area contributed by atoms with Gasteiger partial charge in [-0.1, -0.05) is 11.2 Å². The maximum absolute atomic E-state index is 12.7. The van der Waals surface area contributed by atoms with Gasteiger partial charge in [0.1, 0.15) is 0 Å². The van der Waals surface area contributed by atoms with Gasteiger partial charge in [0.25, 0.3) is 0 Å². The fourth-order valence-corrected chi connectivity index (χ4v) is 3.86. The number of nitrogens with zero attached hydrogens (tertiary/aromatic N) is 4. The second-order valence-electron chi connectivity index (χ2n) is 6.10. The Balaban J connectivity index is 1.44. The molecule has 2 aliphatic rings. The van der Waals surface area contributed by atoms with Crippen LogP contribution in [0.2, 0.25) is 0 Å². The monoisotopic (exact) mass is 348 g/mol. The van der Waals surface area contributed by atoms with E-state index in [4.69, 9.17) is 9.26 Å². The van der Waals surface area contributed by atoms with Gasteiger partial charge < -0.3 is 19.1 Å². The molecule has 0 spiro atoms. The molecule has 2 aromatic rings. The summed E-state index contributed by atoms with van der Waals surface area (Å²) in [5.74, 6) is 1.39. The summed E-state index contributed by atoms with van der Waals surface area (Å²) in [6.07, 6.45) is 1.93. The number of ether oxygens (including phenoxy) is 1. The number of hydrogen-bond acceptors (Lipinski definition) is 6. The number of thiophene rings is 1. The van der Waals surface area contributed by atoms with Crippen LogP contribution in [0.4, 0.5) is 4.79 Å². The zero-order valence-electron chi connectivity index (χ0n) is 13.4. The van der Waals surface area contributed by atoms with Crippen LogP contribution in [0.15, 0.2) is 22.0 Å². The molecule has 2 aromatic heterocycles. The fraction of sp³-hybridized carbons (Fsp3) is 0.562. The minimum Gasteiger partial charge on any atom is -0.378 e. The minimum atomic E-state index is 0.0981. The van der Waals surface area contributed by atoms with E-state index in [1.807, 2.05) is 27.3 Å². The van der Waals surface area contributed by atoms with Crippen LogP contribution in [0.5, 0.6) is 0 Å². The highest BCUT2D eigenvalue weighted by atomic mass is 32.1.